The van der Waals surface area contributed by atoms with Crippen molar-refractivity contribution in [3.63, 3.8) is 0 Å². The average molecular weight is 158 g/mol. The minimum absolute atomic E-state index is 0.241. The summed E-state index contributed by atoms with van der Waals surface area (Å²) in [7, 11) is 0.893. The van der Waals surface area contributed by atoms with E-state index in [1.165, 1.54) is 25.7 Å². The van der Waals surface area contributed by atoms with Crippen molar-refractivity contribution in [3.05, 3.63) is 0 Å². The predicted molar refractivity (Wildman–Crippen MR) is 47.1 cm³/mol. The van der Waals surface area contributed by atoms with Gasteiger partial charge in [0.2, 0.25) is 0 Å². The SMILES string of the molecule is CC1CCCCC1(C)O[SiH3]. The van der Waals surface area contributed by atoms with E-state index >= 15 is 0 Å². The van der Waals surface area contributed by atoms with Gasteiger partial charge in [-0.05, 0) is 25.7 Å². The Morgan fingerprint density at radius 3 is 2.60 bits per heavy atom. The molecule has 0 N–H and O–H groups in total. The van der Waals surface area contributed by atoms with Crippen LogP contribution < -0.4 is 0 Å². The topological polar surface area (TPSA) is 9.23 Å². The molecule has 0 bridgehead atoms. The molecule has 0 aromatic carbocycles. The van der Waals surface area contributed by atoms with Gasteiger partial charge in [0.1, 0.15) is 10.5 Å². The third-order valence-electron chi connectivity index (χ3n) is 3.07. The van der Waals surface area contributed by atoms with Gasteiger partial charge >= 0.3 is 0 Å². The third kappa shape index (κ3) is 1.43. The molecule has 0 radical (unpaired) electrons. The van der Waals surface area contributed by atoms with E-state index in [-0.39, 0.29) is 5.60 Å². The molecule has 1 nitrogen and oxygen atoms in total. The van der Waals surface area contributed by atoms with Gasteiger partial charge < -0.3 is 4.43 Å². The van der Waals surface area contributed by atoms with Crippen LogP contribution in [0.5, 0.6) is 0 Å². The van der Waals surface area contributed by atoms with Crippen LogP contribution in [0.2, 0.25) is 0 Å². The standard InChI is InChI=1S/C8H18OSi/c1-7-5-3-4-6-8(7,2)9-10/h7H,3-6H2,1-2,10H3. The van der Waals surface area contributed by atoms with Gasteiger partial charge in [-0.25, -0.2) is 0 Å². The maximum Gasteiger partial charge on any atom is 0.146 e. The summed E-state index contributed by atoms with van der Waals surface area (Å²) in [5.41, 5.74) is 0.241. The predicted octanol–water partition coefficient (Wildman–Crippen LogP) is 1.25. The third-order valence-corrected chi connectivity index (χ3v) is 4.00. The number of hydrogen-bond donors (Lipinski definition) is 0. The summed E-state index contributed by atoms with van der Waals surface area (Å²) < 4.78 is 5.63. The highest BCUT2D eigenvalue weighted by atomic mass is 28.2. The largest absolute Gasteiger partial charge is 0.422 e. The van der Waals surface area contributed by atoms with E-state index < -0.39 is 0 Å². The zero-order chi connectivity index (χ0) is 7.61. The highest BCUT2D eigenvalue weighted by Gasteiger charge is 2.32. The lowest BCUT2D eigenvalue weighted by molar-refractivity contribution is 0.00781. The van der Waals surface area contributed by atoms with Crippen LogP contribution in [-0.4, -0.2) is 16.1 Å². The normalized spacial score (nSPS) is 42.0. The summed E-state index contributed by atoms with van der Waals surface area (Å²) in [6.07, 6.45) is 5.40. The van der Waals surface area contributed by atoms with Gasteiger partial charge in [-0.2, -0.15) is 0 Å². The first-order valence-electron chi connectivity index (χ1n) is 4.24. The minimum Gasteiger partial charge on any atom is -0.422 e. The Hall–Kier alpha value is 0.177. The van der Waals surface area contributed by atoms with Crippen LogP contribution in [0, 0.1) is 5.92 Å². The van der Waals surface area contributed by atoms with Crippen LogP contribution in [0.4, 0.5) is 0 Å². The minimum atomic E-state index is 0.241. The van der Waals surface area contributed by atoms with E-state index in [2.05, 4.69) is 13.8 Å². The number of hydrogen-bond acceptors (Lipinski definition) is 1. The summed E-state index contributed by atoms with van der Waals surface area (Å²) in [5, 5.41) is 0. The molecule has 0 saturated heterocycles. The molecule has 0 aromatic rings. The van der Waals surface area contributed by atoms with Crippen LogP contribution in [0.1, 0.15) is 39.5 Å². The fourth-order valence-electron chi connectivity index (χ4n) is 1.78. The fourth-order valence-corrected chi connectivity index (χ4v) is 2.39. The van der Waals surface area contributed by atoms with Crippen molar-refractivity contribution >= 4 is 10.5 Å². The summed E-state index contributed by atoms with van der Waals surface area (Å²) in [6.45, 7) is 4.58. The van der Waals surface area contributed by atoms with Crippen molar-refractivity contribution in [3.8, 4) is 0 Å². The Bertz CT molecular complexity index is 116. The summed E-state index contributed by atoms with van der Waals surface area (Å²) in [4.78, 5) is 0. The van der Waals surface area contributed by atoms with Crippen molar-refractivity contribution in [2.75, 3.05) is 0 Å². The molecule has 1 aliphatic carbocycles. The quantitative estimate of drug-likeness (QED) is 0.522. The van der Waals surface area contributed by atoms with Crippen LogP contribution in [-0.2, 0) is 4.43 Å². The fraction of sp³-hybridized carbons (Fsp3) is 1.00. The summed E-state index contributed by atoms with van der Waals surface area (Å²) in [5.74, 6) is 0.777. The smallest absolute Gasteiger partial charge is 0.146 e. The van der Waals surface area contributed by atoms with Crippen molar-refractivity contribution in [1.29, 1.82) is 0 Å². The van der Waals surface area contributed by atoms with Gasteiger partial charge in [-0.3, -0.25) is 0 Å². The van der Waals surface area contributed by atoms with Gasteiger partial charge in [0.25, 0.3) is 0 Å². The lowest BCUT2D eigenvalue weighted by atomic mass is 9.78. The average Bonchev–Trinajstić information content (AvgIpc) is 1.96. The Morgan fingerprint density at radius 1 is 1.50 bits per heavy atom. The van der Waals surface area contributed by atoms with Gasteiger partial charge in [-0.15, -0.1) is 0 Å². The van der Waals surface area contributed by atoms with E-state index in [4.69, 9.17) is 4.43 Å². The van der Waals surface area contributed by atoms with E-state index in [9.17, 15) is 0 Å². The molecule has 0 amide bonds. The van der Waals surface area contributed by atoms with Gasteiger partial charge in [-0.1, -0.05) is 19.8 Å². The second-order valence-electron chi connectivity index (χ2n) is 3.66. The first-order chi connectivity index (χ1) is 4.69. The molecule has 1 saturated carbocycles. The van der Waals surface area contributed by atoms with E-state index in [0.29, 0.717) is 0 Å². The van der Waals surface area contributed by atoms with Crippen molar-refractivity contribution in [2.24, 2.45) is 5.92 Å². The molecule has 0 spiro atoms. The molecular weight excluding hydrogens is 140 g/mol. The highest BCUT2D eigenvalue weighted by Crippen LogP contribution is 2.35. The second-order valence-corrected chi connectivity index (χ2v) is 4.07. The molecule has 1 aliphatic rings. The van der Waals surface area contributed by atoms with E-state index in [1.54, 1.807) is 0 Å². The zero-order valence-corrected chi connectivity index (χ0v) is 9.31. The van der Waals surface area contributed by atoms with E-state index in [1.807, 2.05) is 0 Å². The molecule has 0 aromatic heterocycles. The maximum atomic E-state index is 5.63. The summed E-state index contributed by atoms with van der Waals surface area (Å²) in [6, 6.07) is 0. The molecule has 0 heterocycles. The summed E-state index contributed by atoms with van der Waals surface area (Å²) >= 11 is 0. The van der Waals surface area contributed by atoms with Crippen LogP contribution in [0.3, 0.4) is 0 Å². The number of rotatable bonds is 1. The molecular formula is C8H18OSi. The lowest BCUT2D eigenvalue weighted by Gasteiger charge is -2.39. The Labute approximate surface area is 66.7 Å². The highest BCUT2D eigenvalue weighted by molar-refractivity contribution is 5.98. The first-order valence-corrected chi connectivity index (χ1v) is 5.06. The monoisotopic (exact) mass is 158 g/mol. The van der Waals surface area contributed by atoms with Crippen LogP contribution in [0.15, 0.2) is 0 Å². The zero-order valence-electron chi connectivity index (χ0n) is 7.31. The van der Waals surface area contributed by atoms with Crippen LogP contribution in [0.25, 0.3) is 0 Å². The lowest BCUT2D eigenvalue weighted by Crippen LogP contribution is -2.38. The Morgan fingerprint density at radius 2 is 2.20 bits per heavy atom. The Balaban J connectivity index is 2.54. The van der Waals surface area contributed by atoms with Crippen LogP contribution >= 0.6 is 0 Å². The van der Waals surface area contributed by atoms with Crippen molar-refractivity contribution in [1.82, 2.24) is 0 Å². The maximum absolute atomic E-state index is 5.63. The molecule has 0 aliphatic heterocycles. The van der Waals surface area contributed by atoms with Gasteiger partial charge in [0.05, 0.1) is 5.60 Å². The Kier molecular flexibility index (Phi) is 2.53. The molecule has 10 heavy (non-hydrogen) atoms. The molecule has 1 fully saturated rings. The molecule has 60 valence electrons. The molecule has 1 rings (SSSR count). The van der Waals surface area contributed by atoms with Gasteiger partial charge in [0.15, 0.2) is 0 Å². The molecule has 2 unspecified atom stereocenters. The first kappa shape index (κ1) is 8.28. The van der Waals surface area contributed by atoms with Gasteiger partial charge in [0, 0.05) is 0 Å². The molecule has 2 heteroatoms. The van der Waals surface area contributed by atoms with Crippen molar-refractivity contribution in [2.45, 2.75) is 45.1 Å². The van der Waals surface area contributed by atoms with Crippen molar-refractivity contribution < 1.29 is 4.43 Å². The van der Waals surface area contributed by atoms with E-state index in [0.717, 1.165) is 16.4 Å². The second kappa shape index (κ2) is 3.05. The molecule has 2 atom stereocenters.